The Hall–Kier alpha value is -1.32. The van der Waals surface area contributed by atoms with Gasteiger partial charge in [0, 0.05) is 12.1 Å². The van der Waals surface area contributed by atoms with Crippen molar-refractivity contribution in [2.45, 2.75) is 65.0 Å². The summed E-state index contributed by atoms with van der Waals surface area (Å²) in [6.07, 6.45) is 10.0. The van der Waals surface area contributed by atoms with Crippen LogP contribution in [0.2, 0.25) is 0 Å². The Bertz CT molecular complexity index is 469. The van der Waals surface area contributed by atoms with Gasteiger partial charge in [-0.05, 0) is 62.3 Å². The highest BCUT2D eigenvalue weighted by atomic mass is 16.3. The third-order valence-electron chi connectivity index (χ3n) is 4.88. The molecule has 0 bridgehead atoms. The van der Waals surface area contributed by atoms with Crippen molar-refractivity contribution in [1.82, 2.24) is 5.32 Å². The van der Waals surface area contributed by atoms with Crippen LogP contribution in [0, 0.1) is 11.8 Å². The number of likely N-dealkylation sites (N-methyl/N-ethyl adjacent to an activating group) is 1. The normalized spacial score (nSPS) is 16.9. The molecule has 0 fully saturated rings. The van der Waals surface area contributed by atoms with Crippen LogP contribution in [0.1, 0.15) is 52.0 Å². The van der Waals surface area contributed by atoms with E-state index in [9.17, 15) is 5.11 Å². The van der Waals surface area contributed by atoms with Gasteiger partial charge < -0.3 is 16.2 Å². The summed E-state index contributed by atoms with van der Waals surface area (Å²) in [6, 6.07) is 7.76. The van der Waals surface area contributed by atoms with Gasteiger partial charge in [0.25, 0.3) is 0 Å². The molecule has 4 N–H and O–H groups in total. The number of rotatable bonds is 11. The van der Waals surface area contributed by atoms with Crippen molar-refractivity contribution in [2.24, 2.45) is 17.6 Å². The molecule has 0 aliphatic rings. The first-order chi connectivity index (χ1) is 11.5. The zero-order valence-corrected chi connectivity index (χ0v) is 15.8. The number of allylic oxidation sites excluding steroid dienone is 2. The van der Waals surface area contributed by atoms with E-state index in [0.29, 0.717) is 11.7 Å². The van der Waals surface area contributed by atoms with Crippen molar-refractivity contribution in [2.75, 3.05) is 7.05 Å². The number of phenols is 1. The van der Waals surface area contributed by atoms with E-state index < -0.39 is 0 Å². The van der Waals surface area contributed by atoms with Crippen LogP contribution in [0.15, 0.2) is 36.4 Å². The monoisotopic (exact) mass is 332 g/mol. The van der Waals surface area contributed by atoms with E-state index in [4.69, 9.17) is 5.73 Å². The molecule has 0 saturated carbocycles. The Morgan fingerprint density at radius 2 is 1.88 bits per heavy atom. The lowest BCUT2D eigenvalue weighted by Gasteiger charge is -2.23. The summed E-state index contributed by atoms with van der Waals surface area (Å²) in [5.74, 6) is 1.75. The number of nitrogens with one attached hydrogen (secondary N) is 1. The van der Waals surface area contributed by atoms with Gasteiger partial charge in [-0.25, -0.2) is 0 Å². The van der Waals surface area contributed by atoms with Crippen LogP contribution in [0.4, 0.5) is 0 Å². The lowest BCUT2D eigenvalue weighted by molar-refractivity contribution is 0.434. The highest BCUT2D eigenvalue weighted by Gasteiger charge is 2.15. The minimum atomic E-state index is 0.123. The summed E-state index contributed by atoms with van der Waals surface area (Å²) >= 11 is 0. The van der Waals surface area contributed by atoms with Crippen molar-refractivity contribution < 1.29 is 5.11 Å². The lowest BCUT2D eigenvalue weighted by atomic mass is 9.94. The van der Waals surface area contributed by atoms with Crippen molar-refractivity contribution >= 4 is 0 Å². The Kier molecular flexibility index (Phi) is 9.73. The van der Waals surface area contributed by atoms with Crippen LogP contribution in [0.25, 0.3) is 0 Å². The maximum atomic E-state index is 9.37. The fraction of sp³-hybridized carbons (Fsp3) is 0.619. The first kappa shape index (κ1) is 20.7. The standard InChI is InChI=1S/C21H36N2O/c1-5-16(2)14-17(3)8-6-7-9-20(22)21(23-4)15-18-10-12-19(24)13-11-18/h6,8,10-13,16-17,20-21,23-24H,5,7,9,14-15,22H2,1-4H3. The minimum absolute atomic E-state index is 0.123. The molecule has 0 spiro atoms. The van der Waals surface area contributed by atoms with Crippen LogP contribution in [-0.4, -0.2) is 24.2 Å². The lowest BCUT2D eigenvalue weighted by Crippen LogP contribution is -2.44. The van der Waals surface area contributed by atoms with Gasteiger partial charge in [-0.3, -0.25) is 0 Å². The number of hydrogen-bond donors (Lipinski definition) is 3. The van der Waals surface area contributed by atoms with E-state index in [1.807, 2.05) is 19.2 Å². The summed E-state index contributed by atoms with van der Waals surface area (Å²) in [5.41, 5.74) is 7.57. The molecule has 0 amide bonds. The van der Waals surface area contributed by atoms with Crippen LogP contribution >= 0.6 is 0 Å². The third kappa shape index (κ3) is 7.98. The number of nitrogens with two attached hydrogens (primary N) is 1. The van der Waals surface area contributed by atoms with Crippen molar-refractivity contribution in [3.05, 3.63) is 42.0 Å². The van der Waals surface area contributed by atoms with Crippen molar-refractivity contribution in [1.29, 1.82) is 0 Å². The Morgan fingerprint density at radius 1 is 1.21 bits per heavy atom. The van der Waals surface area contributed by atoms with Gasteiger partial charge in [0.15, 0.2) is 0 Å². The second-order valence-electron chi connectivity index (χ2n) is 7.16. The molecule has 0 aliphatic carbocycles. The Labute approximate surface area is 148 Å². The van der Waals surface area contributed by atoms with E-state index in [2.05, 4.69) is 38.2 Å². The van der Waals surface area contributed by atoms with E-state index in [-0.39, 0.29) is 12.1 Å². The predicted molar refractivity (Wildman–Crippen MR) is 104 cm³/mol. The maximum absolute atomic E-state index is 9.37. The largest absolute Gasteiger partial charge is 0.508 e. The summed E-state index contributed by atoms with van der Waals surface area (Å²) in [5, 5.41) is 12.7. The fourth-order valence-electron chi connectivity index (χ4n) is 3.05. The maximum Gasteiger partial charge on any atom is 0.115 e. The van der Waals surface area contributed by atoms with Gasteiger partial charge >= 0.3 is 0 Å². The van der Waals surface area contributed by atoms with Gasteiger partial charge in [0.2, 0.25) is 0 Å². The molecule has 1 aromatic rings. The topological polar surface area (TPSA) is 58.3 Å². The third-order valence-corrected chi connectivity index (χ3v) is 4.88. The number of hydrogen-bond acceptors (Lipinski definition) is 3. The molecule has 4 atom stereocenters. The number of benzene rings is 1. The molecule has 24 heavy (non-hydrogen) atoms. The molecule has 4 unspecified atom stereocenters. The molecule has 0 aliphatic heterocycles. The van der Waals surface area contributed by atoms with Crippen molar-refractivity contribution in [3.8, 4) is 5.75 Å². The van der Waals surface area contributed by atoms with E-state index in [0.717, 1.165) is 25.2 Å². The molecule has 1 aromatic carbocycles. The van der Waals surface area contributed by atoms with Crippen LogP contribution in [-0.2, 0) is 6.42 Å². The van der Waals surface area contributed by atoms with Gasteiger partial charge in [-0.2, -0.15) is 0 Å². The minimum Gasteiger partial charge on any atom is -0.508 e. The summed E-state index contributed by atoms with van der Waals surface area (Å²) < 4.78 is 0. The quantitative estimate of drug-likeness (QED) is 0.531. The molecular weight excluding hydrogens is 296 g/mol. The SMILES string of the molecule is CCC(C)CC(C)C=CCCC(N)C(Cc1ccc(O)cc1)NC. The van der Waals surface area contributed by atoms with Gasteiger partial charge in [-0.1, -0.05) is 51.5 Å². The molecule has 3 heteroatoms. The van der Waals surface area contributed by atoms with Crippen LogP contribution < -0.4 is 11.1 Å². The van der Waals surface area contributed by atoms with Crippen LogP contribution in [0.3, 0.4) is 0 Å². The highest BCUT2D eigenvalue weighted by Crippen LogP contribution is 2.17. The molecule has 0 saturated heterocycles. The molecule has 136 valence electrons. The van der Waals surface area contributed by atoms with Gasteiger partial charge in [0.1, 0.15) is 5.75 Å². The first-order valence-electron chi connectivity index (χ1n) is 9.33. The average molecular weight is 333 g/mol. The summed E-state index contributed by atoms with van der Waals surface area (Å²) in [4.78, 5) is 0. The fourth-order valence-corrected chi connectivity index (χ4v) is 3.05. The zero-order chi connectivity index (χ0) is 17.9. The van der Waals surface area contributed by atoms with Gasteiger partial charge in [-0.15, -0.1) is 0 Å². The second kappa shape index (κ2) is 11.3. The second-order valence-corrected chi connectivity index (χ2v) is 7.16. The first-order valence-corrected chi connectivity index (χ1v) is 9.33. The molecule has 0 aromatic heterocycles. The van der Waals surface area contributed by atoms with Crippen molar-refractivity contribution in [3.63, 3.8) is 0 Å². The molecule has 3 nitrogen and oxygen atoms in total. The molecular formula is C21H36N2O. The number of aromatic hydroxyl groups is 1. The summed E-state index contributed by atoms with van der Waals surface area (Å²) in [6.45, 7) is 6.87. The Balaban J connectivity index is 2.38. The molecule has 0 heterocycles. The van der Waals surface area contributed by atoms with E-state index >= 15 is 0 Å². The van der Waals surface area contributed by atoms with Crippen LogP contribution in [0.5, 0.6) is 5.75 Å². The number of phenolic OH excluding ortho intramolecular Hbond substituents is 1. The summed E-state index contributed by atoms with van der Waals surface area (Å²) in [7, 11) is 1.97. The van der Waals surface area contributed by atoms with E-state index in [1.54, 1.807) is 12.1 Å². The Morgan fingerprint density at radius 3 is 2.46 bits per heavy atom. The average Bonchev–Trinajstić information content (AvgIpc) is 2.57. The zero-order valence-electron chi connectivity index (χ0n) is 15.8. The van der Waals surface area contributed by atoms with E-state index in [1.165, 1.54) is 18.4 Å². The smallest absolute Gasteiger partial charge is 0.115 e. The highest BCUT2D eigenvalue weighted by molar-refractivity contribution is 5.26. The predicted octanol–water partition coefficient (Wildman–Crippen LogP) is 4.26. The van der Waals surface area contributed by atoms with Gasteiger partial charge in [0.05, 0.1) is 0 Å². The molecule has 0 radical (unpaired) electrons. The molecule has 1 rings (SSSR count).